The topological polar surface area (TPSA) is 183 Å². The SMILES string of the molecule is O=C(OC(=O)c1ccc2c(c1)C1(OC2=O)c2ccc(O)cc2Oc2cc(O)ccc21)C(=O)ON1C(=O)CCC1=O. The molecule has 0 aliphatic carbocycles. The second-order valence-corrected chi connectivity index (χ2v) is 8.93. The largest absolute Gasteiger partial charge is 0.508 e. The van der Waals surface area contributed by atoms with Gasteiger partial charge in [0, 0.05) is 41.7 Å². The van der Waals surface area contributed by atoms with Crippen LogP contribution in [0.4, 0.5) is 0 Å². The summed E-state index contributed by atoms with van der Waals surface area (Å²) in [4.78, 5) is 77.8. The molecule has 200 valence electrons. The molecule has 13 nitrogen and oxygen atoms in total. The molecule has 1 spiro atoms. The van der Waals surface area contributed by atoms with Gasteiger partial charge in [-0.25, -0.2) is 19.2 Å². The van der Waals surface area contributed by atoms with Gasteiger partial charge in [0.2, 0.25) is 0 Å². The Hall–Kier alpha value is -5.72. The molecule has 0 radical (unpaired) electrons. The summed E-state index contributed by atoms with van der Waals surface area (Å²) in [6.45, 7) is 0. The summed E-state index contributed by atoms with van der Waals surface area (Å²) in [5.74, 6) is -7.35. The summed E-state index contributed by atoms with van der Waals surface area (Å²) in [7, 11) is 0. The number of fused-ring (bicyclic) bond motifs is 6. The molecule has 0 bridgehead atoms. The number of benzene rings is 3. The third-order valence-corrected chi connectivity index (χ3v) is 6.54. The van der Waals surface area contributed by atoms with Gasteiger partial charge in [-0.15, -0.1) is 5.06 Å². The zero-order valence-electron chi connectivity index (χ0n) is 20.0. The molecule has 2 N–H and O–H groups in total. The highest BCUT2D eigenvalue weighted by atomic mass is 16.7. The van der Waals surface area contributed by atoms with Gasteiger partial charge in [0.25, 0.3) is 11.8 Å². The Morgan fingerprint density at radius 1 is 0.775 bits per heavy atom. The van der Waals surface area contributed by atoms with Gasteiger partial charge >= 0.3 is 23.9 Å². The van der Waals surface area contributed by atoms with E-state index in [0.29, 0.717) is 11.1 Å². The Morgan fingerprint density at radius 2 is 1.38 bits per heavy atom. The molecule has 3 aromatic carbocycles. The van der Waals surface area contributed by atoms with Crippen molar-refractivity contribution < 1.29 is 58.0 Å². The van der Waals surface area contributed by atoms with Gasteiger partial charge in [-0.2, -0.15) is 0 Å². The van der Waals surface area contributed by atoms with Gasteiger partial charge in [-0.05, 0) is 42.5 Å². The Bertz CT molecular complexity index is 1640. The quantitative estimate of drug-likeness (QED) is 0.207. The third kappa shape index (κ3) is 3.63. The number of nitrogens with zero attached hydrogens (tertiary/aromatic N) is 1. The summed E-state index contributed by atoms with van der Waals surface area (Å²) >= 11 is 0. The van der Waals surface area contributed by atoms with E-state index in [1.165, 1.54) is 54.6 Å². The maximum Gasteiger partial charge on any atom is 0.442 e. The molecule has 13 heteroatoms. The van der Waals surface area contributed by atoms with Crippen molar-refractivity contribution in [3.05, 3.63) is 82.4 Å². The monoisotopic (exact) mass is 545 g/mol. The van der Waals surface area contributed by atoms with Crippen LogP contribution in [0.2, 0.25) is 0 Å². The highest BCUT2D eigenvalue weighted by Crippen LogP contribution is 2.57. The van der Waals surface area contributed by atoms with Crippen LogP contribution in [-0.2, 0) is 39.1 Å². The fourth-order valence-corrected chi connectivity index (χ4v) is 4.79. The third-order valence-electron chi connectivity index (χ3n) is 6.54. The first-order chi connectivity index (χ1) is 19.1. The zero-order chi connectivity index (χ0) is 28.3. The standard InChI is InChI=1S/C27H15NO12/c29-13-2-5-16-19(10-13)37-20-11-14(30)3-6-17(20)27(16)18-9-12(1-4-15(18)24(34)39-27)23(33)38-25(35)26(36)40-28-21(31)7-8-22(28)32/h1-6,9-11,29-30H,7-8H2. The van der Waals surface area contributed by atoms with Crippen LogP contribution in [0.25, 0.3) is 0 Å². The van der Waals surface area contributed by atoms with Crippen molar-refractivity contribution in [2.45, 2.75) is 18.4 Å². The number of carbonyl (C=O) groups excluding carboxylic acids is 6. The average Bonchev–Trinajstić information content (AvgIpc) is 3.39. The highest BCUT2D eigenvalue weighted by molar-refractivity contribution is 6.32. The van der Waals surface area contributed by atoms with Gasteiger partial charge in [-0.1, -0.05) is 0 Å². The van der Waals surface area contributed by atoms with Crippen molar-refractivity contribution in [2.24, 2.45) is 0 Å². The molecule has 0 saturated carbocycles. The first-order valence-electron chi connectivity index (χ1n) is 11.7. The Morgan fingerprint density at radius 3 is 1.98 bits per heavy atom. The van der Waals surface area contributed by atoms with E-state index in [4.69, 9.17) is 9.47 Å². The van der Waals surface area contributed by atoms with Gasteiger partial charge < -0.3 is 29.3 Å². The molecule has 3 aliphatic rings. The molecule has 40 heavy (non-hydrogen) atoms. The van der Waals surface area contributed by atoms with Crippen LogP contribution in [0.5, 0.6) is 23.0 Å². The highest BCUT2D eigenvalue weighted by Gasteiger charge is 2.54. The van der Waals surface area contributed by atoms with E-state index in [0.717, 1.165) is 0 Å². The van der Waals surface area contributed by atoms with Crippen LogP contribution in [0.3, 0.4) is 0 Å². The normalized spacial score (nSPS) is 16.0. The number of ether oxygens (including phenoxy) is 3. The van der Waals surface area contributed by atoms with E-state index in [2.05, 4.69) is 9.57 Å². The second-order valence-electron chi connectivity index (χ2n) is 8.93. The number of hydrogen-bond donors (Lipinski definition) is 2. The fraction of sp³-hybridized carbons (Fsp3) is 0.111. The minimum absolute atomic E-state index is 0.0632. The summed E-state index contributed by atoms with van der Waals surface area (Å²) in [5, 5.41) is 20.2. The molecular formula is C27H15NO12. The molecule has 6 rings (SSSR count). The number of esters is 3. The molecule has 3 heterocycles. The van der Waals surface area contributed by atoms with Crippen molar-refractivity contribution in [3.63, 3.8) is 0 Å². The lowest BCUT2D eigenvalue weighted by molar-refractivity contribution is -0.201. The summed E-state index contributed by atoms with van der Waals surface area (Å²) in [5.41, 5.74) is -1.16. The van der Waals surface area contributed by atoms with Crippen LogP contribution >= 0.6 is 0 Å². The number of phenolic OH excluding ortho intramolecular Hbond substituents is 2. The van der Waals surface area contributed by atoms with Crippen LogP contribution in [0.15, 0.2) is 54.6 Å². The number of hydroxylamine groups is 2. The smallest absolute Gasteiger partial charge is 0.442 e. The van der Waals surface area contributed by atoms with E-state index in [-0.39, 0.29) is 57.6 Å². The molecule has 3 aromatic rings. The van der Waals surface area contributed by atoms with Crippen molar-refractivity contribution in [1.29, 1.82) is 0 Å². The Balaban J connectivity index is 1.37. The minimum atomic E-state index is -1.78. The first-order valence-corrected chi connectivity index (χ1v) is 11.7. The van der Waals surface area contributed by atoms with Crippen LogP contribution in [-0.4, -0.2) is 51.0 Å². The van der Waals surface area contributed by atoms with Gasteiger partial charge in [-0.3, -0.25) is 9.59 Å². The number of phenols is 2. The van der Waals surface area contributed by atoms with Crippen molar-refractivity contribution in [3.8, 4) is 23.0 Å². The van der Waals surface area contributed by atoms with E-state index < -0.39 is 41.3 Å². The molecular weight excluding hydrogens is 530 g/mol. The van der Waals surface area contributed by atoms with Crippen molar-refractivity contribution in [1.82, 2.24) is 5.06 Å². The first kappa shape index (κ1) is 24.6. The van der Waals surface area contributed by atoms with Crippen molar-refractivity contribution >= 4 is 35.7 Å². The summed E-state index contributed by atoms with van der Waals surface area (Å²) in [6, 6.07) is 11.9. The predicted molar refractivity (Wildman–Crippen MR) is 126 cm³/mol. The second kappa shape index (κ2) is 8.66. The molecule has 1 saturated heterocycles. The lowest BCUT2D eigenvalue weighted by Crippen LogP contribution is -2.36. The average molecular weight is 545 g/mol. The van der Waals surface area contributed by atoms with E-state index >= 15 is 0 Å². The number of rotatable bonds is 2. The zero-order valence-corrected chi connectivity index (χ0v) is 20.0. The minimum Gasteiger partial charge on any atom is -0.508 e. The Labute approximate surface area is 223 Å². The van der Waals surface area contributed by atoms with Crippen LogP contribution in [0.1, 0.15) is 50.2 Å². The maximum atomic E-state index is 13.0. The van der Waals surface area contributed by atoms with Gasteiger partial charge in [0.05, 0.1) is 11.1 Å². The Kier molecular flexibility index (Phi) is 5.33. The number of amides is 2. The number of carbonyl (C=O) groups is 6. The van der Waals surface area contributed by atoms with E-state index in [1.807, 2.05) is 0 Å². The van der Waals surface area contributed by atoms with Crippen LogP contribution < -0.4 is 4.74 Å². The molecule has 3 aliphatic heterocycles. The molecule has 0 unspecified atom stereocenters. The predicted octanol–water partition coefficient (Wildman–Crippen LogP) is 1.96. The number of imide groups is 1. The lowest BCUT2D eigenvalue weighted by Gasteiger charge is -2.36. The number of aromatic hydroxyl groups is 2. The lowest BCUT2D eigenvalue weighted by atomic mass is 9.77. The summed E-state index contributed by atoms with van der Waals surface area (Å²) in [6.07, 6.45) is -0.400. The maximum absolute atomic E-state index is 13.0. The molecule has 0 atom stereocenters. The van der Waals surface area contributed by atoms with E-state index in [1.54, 1.807) is 0 Å². The van der Waals surface area contributed by atoms with Gasteiger partial charge in [0.15, 0.2) is 5.60 Å². The molecule has 1 fully saturated rings. The van der Waals surface area contributed by atoms with Gasteiger partial charge in [0.1, 0.15) is 23.0 Å². The van der Waals surface area contributed by atoms with Crippen molar-refractivity contribution in [2.75, 3.05) is 0 Å². The molecule has 2 amide bonds. The summed E-state index contributed by atoms with van der Waals surface area (Å²) < 4.78 is 16.3. The van der Waals surface area contributed by atoms with Crippen LogP contribution in [0, 0.1) is 0 Å². The molecule has 0 aromatic heterocycles. The van der Waals surface area contributed by atoms with E-state index in [9.17, 15) is 39.0 Å². The fourth-order valence-electron chi connectivity index (χ4n) is 4.79. The number of hydrogen-bond acceptors (Lipinski definition) is 12.